The van der Waals surface area contributed by atoms with Gasteiger partial charge in [-0.3, -0.25) is 24.0 Å². The van der Waals surface area contributed by atoms with E-state index in [0.29, 0.717) is 24.7 Å². The van der Waals surface area contributed by atoms with Crippen LogP contribution in [0.4, 0.5) is 4.39 Å². The fourth-order valence-electron chi connectivity index (χ4n) is 14.9. The second-order valence-corrected chi connectivity index (χ2v) is 23.0. The van der Waals surface area contributed by atoms with Crippen LogP contribution < -0.4 is 10.6 Å². The summed E-state index contributed by atoms with van der Waals surface area (Å²) in [5, 5.41) is 27.6. The largest absolute Gasteiger partial charge is 0.481 e. The highest BCUT2D eigenvalue weighted by Crippen LogP contribution is 2.77. The van der Waals surface area contributed by atoms with Gasteiger partial charge in [0.25, 0.3) is 5.91 Å². The van der Waals surface area contributed by atoms with Crippen molar-refractivity contribution in [3.63, 3.8) is 0 Å². The molecule has 0 unspecified atom stereocenters. The highest BCUT2D eigenvalue weighted by molar-refractivity contribution is 6.01. The van der Waals surface area contributed by atoms with E-state index in [2.05, 4.69) is 59.1 Å². The minimum Gasteiger partial charge on any atom is -0.481 e. The molecule has 0 aromatic heterocycles. The summed E-state index contributed by atoms with van der Waals surface area (Å²) in [4.78, 5) is 66.2. The highest BCUT2D eigenvalue weighted by Gasteiger charge is 2.71. The maximum atomic E-state index is 14.2. The first-order valence-electron chi connectivity index (χ1n) is 22.9. The molecule has 11 atom stereocenters. The number of rotatable bonds is 10. The molecule has 0 bridgehead atoms. The van der Waals surface area contributed by atoms with Gasteiger partial charge in [-0.05, 0) is 147 Å². The van der Waals surface area contributed by atoms with Crippen molar-refractivity contribution in [3.8, 4) is 0 Å². The number of aliphatic hydroxyl groups excluding tert-OH is 1. The summed E-state index contributed by atoms with van der Waals surface area (Å²) in [5.41, 5.74) is -1.08. The van der Waals surface area contributed by atoms with E-state index < -0.39 is 57.9 Å². The maximum Gasteiger partial charge on any atom is 0.309 e. The van der Waals surface area contributed by atoms with Crippen LogP contribution in [-0.4, -0.2) is 64.0 Å². The minimum absolute atomic E-state index is 0.00443. The molecule has 2 amide bonds. The Hall–Kier alpha value is -3.60. The third-order valence-electron chi connectivity index (χ3n) is 18.7. The molecule has 11 heteroatoms. The maximum absolute atomic E-state index is 14.2. The molecule has 5 saturated carbocycles. The van der Waals surface area contributed by atoms with Gasteiger partial charge in [-0.1, -0.05) is 67.9 Å². The topological polar surface area (TPSA) is 159 Å². The van der Waals surface area contributed by atoms with Crippen molar-refractivity contribution in [1.82, 2.24) is 10.6 Å². The summed E-state index contributed by atoms with van der Waals surface area (Å²) < 4.78 is 19.9. The fourth-order valence-corrected chi connectivity index (χ4v) is 14.9. The number of ether oxygens (including phenoxy) is 1. The molecule has 336 valence electrons. The van der Waals surface area contributed by atoms with Gasteiger partial charge in [0.2, 0.25) is 5.91 Å². The van der Waals surface area contributed by atoms with E-state index in [1.807, 2.05) is 13.8 Å². The van der Waals surface area contributed by atoms with Crippen LogP contribution in [0.2, 0.25) is 0 Å². The smallest absolute Gasteiger partial charge is 0.309 e. The number of carboxylic acid groups (broad SMARTS) is 1. The van der Waals surface area contributed by atoms with Crippen LogP contribution in [-0.2, 0) is 23.9 Å². The third-order valence-corrected chi connectivity index (χ3v) is 18.7. The quantitative estimate of drug-likeness (QED) is 0.171. The predicted molar refractivity (Wildman–Crippen MR) is 229 cm³/mol. The molecule has 0 heterocycles. The van der Waals surface area contributed by atoms with Crippen LogP contribution in [0.1, 0.15) is 151 Å². The Kier molecular flexibility index (Phi) is 11.2. The molecule has 1 aromatic carbocycles. The third kappa shape index (κ3) is 6.82. The Labute approximate surface area is 362 Å². The fraction of sp³-hybridized carbons (Fsp3) is 0.740. The lowest BCUT2D eigenvalue weighted by Crippen LogP contribution is -2.66. The number of fused-ring (bicyclic) bond motifs is 7. The molecule has 6 aliphatic carbocycles. The average Bonchev–Trinajstić information content (AvgIpc) is 3.47. The number of aliphatic carboxylic acids is 1. The van der Waals surface area contributed by atoms with Crippen molar-refractivity contribution in [1.29, 1.82) is 0 Å². The van der Waals surface area contributed by atoms with Crippen LogP contribution in [0.3, 0.4) is 0 Å². The Morgan fingerprint density at radius 3 is 2.11 bits per heavy atom. The number of carbonyl (C=O) groups excluding carboxylic acids is 4. The number of halogens is 1. The number of hydrogen-bond donors (Lipinski definition) is 4. The Morgan fingerprint density at radius 2 is 1.51 bits per heavy atom. The van der Waals surface area contributed by atoms with Gasteiger partial charge in [0.05, 0.1) is 17.9 Å². The van der Waals surface area contributed by atoms with E-state index in [1.165, 1.54) is 24.3 Å². The number of carboxylic acids is 1. The first-order chi connectivity index (χ1) is 28.2. The monoisotopic (exact) mass is 847 g/mol. The van der Waals surface area contributed by atoms with Crippen LogP contribution in [0, 0.1) is 73.8 Å². The second-order valence-electron chi connectivity index (χ2n) is 23.0. The summed E-state index contributed by atoms with van der Waals surface area (Å²) >= 11 is 0. The molecule has 10 nitrogen and oxygen atoms in total. The van der Waals surface area contributed by atoms with Crippen LogP contribution >= 0.6 is 0 Å². The van der Waals surface area contributed by atoms with Gasteiger partial charge in [-0.15, -0.1) is 0 Å². The number of hydrogen-bond acceptors (Lipinski definition) is 7. The van der Waals surface area contributed by atoms with Gasteiger partial charge in [0.15, 0.2) is 5.78 Å². The first kappa shape index (κ1) is 45.4. The zero-order valence-corrected chi connectivity index (χ0v) is 38.4. The summed E-state index contributed by atoms with van der Waals surface area (Å²) in [5.74, 6) is -2.65. The average molecular weight is 847 g/mol. The summed E-state index contributed by atoms with van der Waals surface area (Å²) in [6.45, 7) is 23.0. The van der Waals surface area contributed by atoms with Crippen LogP contribution in [0.25, 0.3) is 0 Å². The molecule has 6 aliphatic rings. The van der Waals surface area contributed by atoms with E-state index >= 15 is 0 Å². The van der Waals surface area contributed by atoms with Crippen molar-refractivity contribution >= 4 is 29.5 Å². The number of esters is 1. The molecular weight excluding hydrogens is 776 g/mol. The molecule has 1 aromatic rings. The van der Waals surface area contributed by atoms with Gasteiger partial charge < -0.3 is 25.6 Å². The molecule has 5 fully saturated rings. The summed E-state index contributed by atoms with van der Waals surface area (Å²) in [6, 6.07) is 5.10. The minimum atomic E-state index is -1.34. The Balaban J connectivity index is 1.10. The van der Waals surface area contributed by atoms with Gasteiger partial charge in [0, 0.05) is 29.4 Å². The zero-order valence-electron chi connectivity index (χ0n) is 38.4. The van der Waals surface area contributed by atoms with Crippen molar-refractivity contribution in [3.05, 3.63) is 46.8 Å². The zero-order chi connectivity index (χ0) is 45.0. The van der Waals surface area contributed by atoms with Crippen molar-refractivity contribution in [2.45, 2.75) is 158 Å². The molecular formula is C50H71FN2O8. The summed E-state index contributed by atoms with van der Waals surface area (Å²) in [7, 11) is 0. The first-order valence-corrected chi connectivity index (χ1v) is 22.9. The number of benzene rings is 1. The van der Waals surface area contributed by atoms with Gasteiger partial charge in [0.1, 0.15) is 17.5 Å². The number of ketones is 1. The van der Waals surface area contributed by atoms with Crippen molar-refractivity contribution in [2.75, 3.05) is 6.54 Å². The number of nitrogens with one attached hydrogen (secondary N) is 2. The molecule has 0 saturated heterocycles. The standard InChI is InChI=1S/C50H71FN2O8/c1-27(2)38-33(54)25-50(36(55)26-52-43(60)46(7,8)53-40(56)28-12-14-29(51)15-13-28)23-22-48(10)30(39(38)50)16-17-35-47(9)20-19-37(45(5,6)34(47)18-21-49(35,48)11)61-42(59)32-24-31(41(57)58)44(32,3)4/h12-15,27,30-32,34-37,55H,16-26H2,1-11H3,(H,52,60)(H,53,56)(H,57,58)/t30-,31+,32-,34+,35-,36+,37+,47+,48-,49-,50+/m1/s1. The summed E-state index contributed by atoms with van der Waals surface area (Å²) in [6.07, 6.45) is 6.34. The molecule has 0 spiro atoms. The van der Waals surface area contributed by atoms with E-state index in [0.717, 1.165) is 56.1 Å². The van der Waals surface area contributed by atoms with Crippen molar-refractivity contribution in [2.24, 2.45) is 68.0 Å². The number of amides is 2. The normalized spacial score (nSPS) is 37.9. The van der Waals surface area contributed by atoms with E-state index in [9.17, 15) is 38.6 Å². The SMILES string of the molecule is CC(C)C1=C2[C@H]3CC[C@@H]4[C@@]5(C)CC[C@H](OC(=O)[C@H]6C[C@@H](C(=O)O)C6(C)C)C(C)(C)[C@@H]5CC[C@@]4(C)[C@]3(C)CC[C@@]2([C@@H](O)CNC(=O)C(C)(C)NC(=O)c2ccc(F)cc2)CC1=O. The number of carbonyl (C=O) groups is 5. The van der Waals surface area contributed by atoms with Crippen LogP contribution in [0.5, 0.6) is 0 Å². The van der Waals surface area contributed by atoms with E-state index in [4.69, 9.17) is 4.74 Å². The Morgan fingerprint density at radius 1 is 0.852 bits per heavy atom. The van der Waals surface area contributed by atoms with Crippen molar-refractivity contribution < 1.29 is 43.3 Å². The molecule has 61 heavy (non-hydrogen) atoms. The van der Waals surface area contributed by atoms with E-state index in [-0.39, 0.29) is 69.9 Å². The van der Waals surface area contributed by atoms with Gasteiger partial charge >= 0.3 is 11.9 Å². The lowest BCUT2D eigenvalue weighted by molar-refractivity contribution is -0.238. The van der Waals surface area contributed by atoms with Crippen LogP contribution in [0.15, 0.2) is 35.4 Å². The van der Waals surface area contributed by atoms with Gasteiger partial charge in [-0.25, -0.2) is 4.39 Å². The molecule has 0 radical (unpaired) electrons. The number of aliphatic hydroxyl groups is 1. The van der Waals surface area contributed by atoms with E-state index in [1.54, 1.807) is 13.8 Å². The van der Waals surface area contributed by atoms with Gasteiger partial charge in [-0.2, -0.15) is 0 Å². The lowest BCUT2D eigenvalue weighted by Gasteiger charge is -2.72. The highest BCUT2D eigenvalue weighted by atomic mass is 19.1. The number of allylic oxidation sites excluding steroid dienone is 1. The lowest BCUT2D eigenvalue weighted by atomic mass is 9.33. The Bertz CT molecular complexity index is 2020. The molecule has 0 aliphatic heterocycles. The predicted octanol–water partition coefficient (Wildman–Crippen LogP) is 8.45. The number of Topliss-reactive ketones (excluding diaryl/α,β-unsaturated/α-hetero) is 1. The molecule has 4 N–H and O–H groups in total. The molecule has 7 rings (SSSR count). The second kappa shape index (κ2) is 15.0.